The standard InChI is InChI=1S/C14H18ClN3S/c1-4-8-16-10(3)13-17-18-14(19-13)11-6-5-7-12(15)9(11)2/h5-7,10,16H,4,8H2,1-3H3. The highest BCUT2D eigenvalue weighted by molar-refractivity contribution is 7.14. The first-order valence-corrected chi connectivity index (χ1v) is 7.65. The molecule has 1 N–H and O–H groups in total. The van der Waals surface area contributed by atoms with Gasteiger partial charge in [-0.05, 0) is 38.4 Å². The van der Waals surface area contributed by atoms with E-state index in [4.69, 9.17) is 11.6 Å². The summed E-state index contributed by atoms with van der Waals surface area (Å²) < 4.78 is 0. The van der Waals surface area contributed by atoms with Crippen molar-refractivity contribution in [2.45, 2.75) is 33.2 Å². The lowest BCUT2D eigenvalue weighted by molar-refractivity contribution is 0.564. The molecule has 1 aromatic carbocycles. The Hall–Kier alpha value is -0.970. The van der Waals surface area contributed by atoms with Gasteiger partial charge in [-0.25, -0.2) is 0 Å². The minimum absolute atomic E-state index is 0.241. The molecular formula is C14H18ClN3S. The number of aromatic nitrogens is 2. The van der Waals surface area contributed by atoms with Crippen molar-refractivity contribution in [1.29, 1.82) is 0 Å². The molecule has 0 amide bonds. The van der Waals surface area contributed by atoms with Gasteiger partial charge in [0, 0.05) is 10.6 Å². The molecule has 1 unspecified atom stereocenters. The molecule has 2 rings (SSSR count). The van der Waals surface area contributed by atoms with Gasteiger partial charge >= 0.3 is 0 Å². The molecule has 102 valence electrons. The molecule has 0 bridgehead atoms. The Labute approximate surface area is 123 Å². The van der Waals surface area contributed by atoms with Crippen molar-refractivity contribution >= 4 is 22.9 Å². The minimum atomic E-state index is 0.241. The highest BCUT2D eigenvalue weighted by Crippen LogP contribution is 2.31. The molecule has 0 saturated carbocycles. The predicted octanol–water partition coefficient (Wildman–Crippen LogP) is 4.23. The van der Waals surface area contributed by atoms with Gasteiger partial charge in [0.2, 0.25) is 0 Å². The van der Waals surface area contributed by atoms with Crippen molar-refractivity contribution in [1.82, 2.24) is 15.5 Å². The highest BCUT2D eigenvalue weighted by Gasteiger charge is 2.14. The second kappa shape index (κ2) is 6.46. The van der Waals surface area contributed by atoms with E-state index in [1.165, 1.54) is 0 Å². The molecule has 1 aromatic heterocycles. The lowest BCUT2D eigenvalue weighted by Gasteiger charge is -2.08. The fraction of sp³-hybridized carbons (Fsp3) is 0.429. The fourth-order valence-electron chi connectivity index (χ4n) is 1.81. The largest absolute Gasteiger partial charge is 0.308 e. The first kappa shape index (κ1) is 14.4. The molecule has 1 heterocycles. The van der Waals surface area contributed by atoms with E-state index in [-0.39, 0.29) is 6.04 Å². The van der Waals surface area contributed by atoms with Crippen LogP contribution in [-0.2, 0) is 0 Å². The van der Waals surface area contributed by atoms with Crippen molar-refractivity contribution in [3.8, 4) is 10.6 Å². The number of halogens is 1. The Morgan fingerprint density at radius 3 is 2.89 bits per heavy atom. The Morgan fingerprint density at radius 1 is 1.37 bits per heavy atom. The van der Waals surface area contributed by atoms with Crippen LogP contribution in [0.5, 0.6) is 0 Å². The quantitative estimate of drug-likeness (QED) is 0.897. The number of nitrogens with one attached hydrogen (secondary N) is 1. The summed E-state index contributed by atoms with van der Waals surface area (Å²) >= 11 is 7.77. The lowest BCUT2D eigenvalue weighted by atomic mass is 10.1. The van der Waals surface area contributed by atoms with Gasteiger partial charge < -0.3 is 5.32 Å². The molecule has 0 aliphatic heterocycles. The summed E-state index contributed by atoms with van der Waals surface area (Å²) in [5.41, 5.74) is 2.12. The first-order chi connectivity index (χ1) is 9.13. The number of benzene rings is 1. The van der Waals surface area contributed by atoms with E-state index in [0.717, 1.165) is 39.1 Å². The maximum absolute atomic E-state index is 6.15. The van der Waals surface area contributed by atoms with Crippen LogP contribution in [0.3, 0.4) is 0 Å². The van der Waals surface area contributed by atoms with E-state index >= 15 is 0 Å². The topological polar surface area (TPSA) is 37.8 Å². The van der Waals surface area contributed by atoms with Gasteiger partial charge in [0.15, 0.2) is 0 Å². The van der Waals surface area contributed by atoms with E-state index in [1.54, 1.807) is 11.3 Å². The summed E-state index contributed by atoms with van der Waals surface area (Å²) in [7, 11) is 0. The second-order valence-electron chi connectivity index (χ2n) is 4.53. The second-order valence-corrected chi connectivity index (χ2v) is 5.95. The summed E-state index contributed by atoms with van der Waals surface area (Å²) in [6, 6.07) is 6.12. The van der Waals surface area contributed by atoms with Crippen molar-refractivity contribution in [2.75, 3.05) is 6.54 Å². The third kappa shape index (κ3) is 3.32. The van der Waals surface area contributed by atoms with Gasteiger partial charge in [-0.15, -0.1) is 10.2 Å². The molecule has 5 heteroatoms. The van der Waals surface area contributed by atoms with Gasteiger partial charge in [-0.1, -0.05) is 42.0 Å². The third-order valence-corrected chi connectivity index (χ3v) is 4.56. The molecule has 2 aromatic rings. The van der Waals surface area contributed by atoms with Crippen LogP contribution < -0.4 is 5.32 Å². The molecule has 19 heavy (non-hydrogen) atoms. The Kier molecular flexibility index (Phi) is 4.91. The number of hydrogen-bond acceptors (Lipinski definition) is 4. The van der Waals surface area contributed by atoms with Gasteiger partial charge in [-0.3, -0.25) is 0 Å². The molecular weight excluding hydrogens is 278 g/mol. The lowest BCUT2D eigenvalue weighted by Crippen LogP contribution is -2.18. The van der Waals surface area contributed by atoms with Crippen molar-refractivity contribution < 1.29 is 0 Å². The van der Waals surface area contributed by atoms with Gasteiger partial charge in [0.05, 0.1) is 6.04 Å². The zero-order chi connectivity index (χ0) is 13.8. The normalized spacial score (nSPS) is 12.6. The van der Waals surface area contributed by atoms with E-state index in [0.29, 0.717) is 0 Å². The first-order valence-electron chi connectivity index (χ1n) is 6.45. The molecule has 0 fully saturated rings. The third-order valence-electron chi connectivity index (χ3n) is 3.01. The highest BCUT2D eigenvalue weighted by atomic mass is 35.5. The van der Waals surface area contributed by atoms with Crippen LogP contribution in [-0.4, -0.2) is 16.7 Å². The average Bonchev–Trinajstić information content (AvgIpc) is 2.88. The monoisotopic (exact) mass is 295 g/mol. The maximum atomic E-state index is 6.15. The van der Waals surface area contributed by atoms with Gasteiger partial charge in [-0.2, -0.15) is 0 Å². The summed E-state index contributed by atoms with van der Waals surface area (Å²) in [5, 5.41) is 14.7. The van der Waals surface area contributed by atoms with Gasteiger partial charge in [0.1, 0.15) is 10.0 Å². The van der Waals surface area contributed by atoms with Crippen molar-refractivity contribution in [3.63, 3.8) is 0 Å². The zero-order valence-corrected chi connectivity index (χ0v) is 13.0. The summed E-state index contributed by atoms with van der Waals surface area (Å²) in [6.45, 7) is 7.27. The van der Waals surface area contributed by atoms with Crippen LogP contribution >= 0.6 is 22.9 Å². The van der Waals surface area contributed by atoms with Crippen LogP contribution in [0, 0.1) is 6.92 Å². The van der Waals surface area contributed by atoms with E-state index in [2.05, 4.69) is 29.4 Å². The Balaban J connectivity index is 2.23. The molecule has 0 saturated heterocycles. The number of hydrogen-bond donors (Lipinski definition) is 1. The fourth-order valence-corrected chi connectivity index (χ4v) is 2.93. The van der Waals surface area contributed by atoms with Crippen LogP contribution in [0.15, 0.2) is 18.2 Å². The van der Waals surface area contributed by atoms with E-state index in [1.807, 2.05) is 25.1 Å². The summed E-state index contributed by atoms with van der Waals surface area (Å²) in [6.07, 6.45) is 1.11. The van der Waals surface area contributed by atoms with Crippen LogP contribution in [0.25, 0.3) is 10.6 Å². The van der Waals surface area contributed by atoms with Crippen molar-refractivity contribution in [3.05, 3.63) is 33.8 Å². The number of rotatable bonds is 5. The summed E-state index contributed by atoms with van der Waals surface area (Å²) in [4.78, 5) is 0. The SMILES string of the molecule is CCCNC(C)c1nnc(-c2cccc(Cl)c2C)s1. The molecule has 0 aliphatic carbocycles. The molecule has 3 nitrogen and oxygen atoms in total. The van der Waals surface area contributed by atoms with Crippen LogP contribution in [0.2, 0.25) is 5.02 Å². The number of nitrogens with zero attached hydrogens (tertiary/aromatic N) is 2. The average molecular weight is 296 g/mol. The zero-order valence-electron chi connectivity index (χ0n) is 11.4. The maximum Gasteiger partial charge on any atom is 0.148 e. The molecule has 1 atom stereocenters. The van der Waals surface area contributed by atoms with Crippen LogP contribution in [0.1, 0.15) is 36.9 Å². The summed E-state index contributed by atoms with van der Waals surface area (Å²) in [5.74, 6) is 0. The van der Waals surface area contributed by atoms with Crippen molar-refractivity contribution in [2.24, 2.45) is 0 Å². The minimum Gasteiger partial charge on any atom is -0.308 e. The van der Waals surface area contributed by atoms with Crippen LogP contribution in [0.4, 0.5) is 0 Å². The Morgan fingerprint density at radius 2 is 2.16 bits per heavy atom. The van der Waals surface area contributed by atoms with Gasteiger partial charge in [0.25, 0.3) is 0 Å². The Bertz CT molecular complexity index is 553. The predicted molar refractivity (Wildman–Crippen MR) is 81.8 cm³/mol. The molecule has 0 spiro atoms. The molecule has 0 radical (unpaired) electrons. The smallest absolute Gasteiger partial charge is 0.148 e. The van der Waals surface area contributed by atoms with E-state index in [9.17, 15) is 0 Å². The van der Waals surface area contributed by atoms with E-state index < -0.39 is 0 Å². The molecule has 0 aliphatic rings.